The average molecular weight is 386 g/mol. The van der Waals surface area contributed by atoms with E-state index in [0.29, 0.717) is 6.54 Å². The van der Waals surface area contributed by atoms with Gasteiger partial charge in [0.05, 0.1) is 5.69 Å². The molecule has 1 heterocycles. The van der Waals surface area contributed by atoms with E-state index in [-0.39, 0.29) is 6.03 Å². The molecule has 1 aromatic carbocycles. The zero-order valence-electron chi connectivity index (χ0n) is 17.8. The van der Waals surface area contributed by atoms with Crippen molar-refractivity contribution in [2.45, 2.75) is 39.7 Å². The van der Waals surface area contributed by atoms with Gasteiger partial charge in [0.1, 0.15) is 0 Å². The quantitative estimate of drug-likeness (QED) is 0.605. The highest BCUT2D eigenvalue weighted by molar-refractivity contribution is 5.74. The number of urea groups is 1. The van der Waals surface area contributed by atoms with Gasteiger partial charge in [-0.2, -0.15) is 5.10 Å². The molecule has 0 saturated carbocycles. The highest BCUT2D eigenvalue weighted by Crippen LogP contribution is 2.05. The molecule has 2 aromatic rings. The van der Waals surface area contributed by atoms with E-state index in [2.05, 4.69) is 52.6 Å². The second-order valence-electron chi connectivity index (χ2n) is 7.62. The molecule has 1 aromatic heterocycles. The Morgan fingerprint density at radius 3 is 2.46 bits per heavy atom. The van der Waals surface area contributed by atoms with E-state index in [0.717, 1.165) is 56.8 Å². The third-order valence-electron chi connectivity index (χ3n) is 4.77. The van der Waals surface area contributed by atoms with Crippen LogP contribution in [0.1, 0.15) is 29.8 Å². The lowest BCUT2D eigenvalue weighted by Gasteiger charge is -2.25. The topological polar surface area (TPSA) is 53.4 Å². The predicted octanol–water partition coefficient (Wildman–Crippen LogP) is 3.10. The minimum Gasteiger partial charge on any atom is -0.338 e. The standard InChI is InChI=1S/C22H35N5O/c1-19-18-20(2)27(24-19)15-9-13-23-22(28)26(17-16-25(3)4)14-8-12-21-10-6-5-7-11-21/h5-7,10-11,18H,8-9,12-17H2,1-4H3,(H,23,28). The normalized spacial score (nSPS) is 11.0. The van der Waals surface area contributed by atoms with Gasteiger partial charge in [0, 0.05) is 38.4 Å². The Morgan fingerprint density at radius 1 is 1.07 bits per heavy atom. The molecular weight excluding hydrogens is 350 g/mol. The fourth-order valence-electron chi connectivity index (χ4n) is 3.19. The van der Waals surface area contributed by atoms with Crippen molar-refractivity contribution in [2.75, 3.05) is 40.3 Å². The van der Waals surface area contributed by atoms with Gasteiger partial charge in [-0.25, -0.2) is 4.79 Å². The van der Waals surface area contributed by atoms with E-state index < -0.39 is 0 Å². The number of benzene rings is 1. The Kier molecular flexibility index (Phi) is 9.01. The molecule has 0 bridgehead atoms. The van der Waals surface area contributed by atoms with Crippen LogP contribution in [0.15, 0.2) is 36.4 Å². The second kappa shape index (κ2) is 11.5. The van der Waals surface area contributed by atoms with Gasteiger partial charge in [-0.05, 0) is 58.8 Å². The van der Waals surface area contributed by atoms with Crippen LogP contribution < -0.4 is 5.32 Å². The molecule has 0 spiro atoms. The number of rotatable bonds is 11. The van der Waals surface area contributed by atoms with Crippen LogP contribution >= 0.6 is 0 Å². The minimum atomic E-state index is 0.0308. The summed E-state index contributed by atoms with van der Waals surface area (Å²) in [5.74, 6) is 0. The van der Waals surface area contributed by atoms with E-state index in [9.17, 15) is 4.79 Å². The van der Waals surface area contributed by atoms with Crippen molar-refractivity contribution in [3.63, 3.8) is 0 Å². The summed E-state index contributed by atoms with van der Waals surface area (Å²) in [5, 5.41) is 7.55. The number of likely N-dealkylation sites (N-methyl/N-ethyl adjacent to an activating group) is 1. The zero-order chi connectivity index (χ0) is 20.4. The van der Waals surface area contributed by atoms with Crippen molar-refractivity contribution in [3.05, 3.63) is 53.3 Å². The fraction of sp³-hybridized carbons (Fsp3) is 0.545. The highest BCUT2D eigenvalue weighted by Gasteiger charge is 2.13. The SMILES string of the molecule is Cc1cc(C)n(CCCNC(=O)N(CCCc2ccccc2)CCN(C)C)n1. The molecule has 2 rings (SSSR count). The first-order chi connectivity index (χ1) is 13.5. The molecule has 0 radical (unpaired) electrons. The first-order valence-electron chi connectivity index (χ1n) is 10.2. The number of hydrogen-bond donors (Lipinski definition) is 1. The third kappa shape index (κ3) is 7.72. The van der Waals surface area contributed by atoms with Gasteiger partial charge in [0.15, 0.2) is 0 Å². The van der Waals surface area contributed by atoms with Gasteiger partial charge in [-0.3, -0.25) is 4.68 Å². The number of nitrogens with zero attached hydrogens (tertiary/aromatic N) is 4. The van der Waals surface area contributed by atoms with Gasteiger partial charge in [-0.1, -0.05) is 30.3 Å². The van der Waals surface area contributed by atoms with Crippen molar-refractivity contribution in [1.29, 1.82) is 0 Å². The summed E-state index contributed by atoms with van der Waals surface area (Å²) in [4.78, 5) is 16.7. The number of hydrogen-bond acceptors (Lipinski definition) is 3. The van der Waals surface area contributed by atoms with E-state index in [1.807, 2.05) is 36.7 Å². The first kappa shape index (κ1) is 22.0. The number of nitrogens with one attached hydrogen (secondary N) is 1. The number of aromatic nitrogens is 2. The molecule has 1 N–H and O–H groups in total. The van der Waals surface area contributed by atoms with E-state index in [1.165, 1.54) is 5.56 Å². The van der Waals surface area contributed by atoms with E-state index in [1.54, 1.807) is 0 Å². The van der Waals surface area contributed by atoms with Crippen LogP contribution in [0.4, 0.5) is 4.79 Å². The molecule has 0 aliphatic carbocycles. The predicted molar refractivity (Wildman–Crippen MR) is 115 cm³/mol. The first-order valence-corrected chi connectivity index (χ1v) is 10.2. The monoisotopic (exact) mass is 385 g/mol. The van der Waals surface area contributed by atoms with Crippen LogP contribution in [0.3, 0.4) is 0 Å². The largest absolute Gasteiger partial charge is 0.338 e. The Morgan fingerprint density at radius 2 is 1.82 bits per heavy atom. The molecule has 0 aliphatic rings. The smallest absolute Gasteiger partial charge is 0.317 e. The Balaban J connectivity index is 1.76. The molecule has 0 unspecified atom stereocenters. The minimum absolute atomic E-state index is 0.0308. The van der Waals surface area contributed by atoms with Crippen LogP contribution in [0.25, 0.3) is 0 Å². The number of aryl methyl sites for hydroxylation is 4. The van der Waals surface area contributed by atoms with E-state index in [4.69, 9.17) is 0 Å². The van der Waals surface area contributed by atoms with Gasteiger partial charge < -0.3 is 15.1 Å². The molecule has 0 aliphatic heterocycles. The molecule has 6 heteroatoms. The summed E-state index contributed by atoms with van der Waals surface area (Å²) in [6, 6.07) is 12.6. The lowest BCUT2D eigenvalue weighted by Crippen LogP contribution is -2.44. The summed E-state index contributed by atoms with van der Waals surface area (Å²) in [7, 11) is 4.07. The molecule has 28 heavy (non-hydrogen) atoms. The third-order valence-corrected chi connectivity index (χ3v) is 4.77. The van der Waals surface area contributed by atoms with Crippen molar-refractivity contribution < 1.29 is 4.79 Å². The number of carbonyl (C=O) groups is 1. The van der Waals surface area contributed by atoms with Crippen LogP contribution in [0, 0.1) is 13.8 Å². The molecule has 0 saturated heterocycles. The maximum Gasteiger partial charge on any atom is 0.317 e. The van der Waals surface area contributed by atoms with Gasteiger partial charge >= 0.3 is 6.03 Å². The second-order valence-corrected chi connectivity index (χ2v) is 7.62. The van der Waals surface area contributed by atoms with Crippen LogP contribution in [-0.2, 0) is 13.0 Å². The summed E-state index contributed by atoms with van der Waals surface area (Å²) in [5.41, 5.74) is 3.52. The molecule has 6 nitrogen and oxygen atoms in total. The summed E-state index contributed by atoms with van der Waals surface area (Å²) < 4.78 is 2.01. The van der Waals surface area contributed by atoms with Gasteiger partial charge in [-0.15, -0.1) is 0 Å². The van der Waals surface area contributed by atoms with Crippen molar-refractivity contribution in [1.82, 2.24) is 24.9 Å². The van der Waals surface area contributed by atoms with Gasteiger partial charge in [0.25, 0.3) is 0 Å². The Bertz CT molecular complexity index is 711. The molecule has 0 fully saturated rings. The summed E-state index contributed by atoms with van der Waals surface area (Å²) in [6.45, 7) is 7.93. The van der Waals surface area contributed by atoms with Crippen molar-refractivity contribution >= 4 is 6.03 Å². The van der Waals surface area contributed by atoms with Crippen molar-refractivity contribution in [2.24, 2.45) is 0 Å². The molecular formula is C22H35N5O. The Labute approximate surface area is 169 Å². The number of carbonyl (C=O) groups excluding carboxylic acids is 1. The van der Waals surface area contributed by atoms with Crippen molar-refractivity contribution in [3.8, 4) is 0 Å². The number of amides is 2. The molecule has 2 amide bonds. The van der Waals surface area contributed by atoms with Crippen LogP contribution in [0.2, 0.25) is 0 Å². The lowest BCUT2D eigenvalue weighted by molar-refractivity contribution is 0.190. The molecule has 0 atom stereocenters. The average Bonchev–Trinajstić information content (AvgIpc) is 2.99. The molecule has 154 valence electrons. The van der Waals surface area contributed by atoms with E-state index >= 15 is 0 Å². The zero-order valence-corrected chi connectivity index (χ0v) is 17.8. The lowest BCUT2D eigenvalue weighted by atomic mass is 10.1. The fourth-order valence-corrected chi connectivity index (χ4v) is 3.19. The maximum atomic E-state index is 12.7. The van der Waals surface area contributed by atoms with Crippen LogP contribution in [0.5, 0.6) is 0 Å². The van der Waals surface area contributed by atoms with Gasteiger partial charge in [0.2, 0.25) is 0 Å². The summed E-state index contributed by atoms with van der Waals surface area (Å²) >= 11 is 0. The van der Waals surface area contributed by atoms with Crippen LogP contribution in [-0.4, -0.2) is 65.9 Å². The Hall–Kier alpha value is -2.34. The summed E-state index contributed by atoms with van der Waals surface area (Å²) in [6.07, 6.45) is 2.83. The highest BCUT2D eigenvalue weighted by atomic mass is 16.2. The maximum absolute atomic E-state index is 12.7.